The third-order valence-corrected chi connectivity index (χ3v) is 5.78. The molecule has 8 nitrogen and oxygen atoms in total. The molecule has 0 radical (unpaired) electrons. The van der Waals surface area contributed by atoms with E-state index in [1.807, 2.05) is 13.0 Å². The van der Waals surface area contributed by atoms with Crippen LogP contribution in [0.15, 0.2) is 40.5 Å². The summed E-state index contributed by atoms with van der Waals surface area (Å²) in [6.07, 6.45) is -1.21. The number of nitrogens with zero attached hydrogens (tertiary/aromatic N) is 6. The van der Waals surface area contributed by atoms with Crippen LogP contribution in [0.4, 0.5) is 24.7 Å². The van der Waals surface area contributed by atoms with E-state index < -0.39 is 11.9 Å². The number of nitrogens with one attached hydrogen (secondary N) is 1. The lowest BCUT2D eigenvalue weighted by atomic mass is 9.89. The van der Waals surface area contributed by atoms with Crippen LogP contribution in [0.1, 0.15) is 48.3 Å². The van der Waals surface area contributed by atoms with Crippen LogP contribution >= 0.6 is 0 Å². The van der Waals surface area contributed by atoms with E-state index in [0.29, 0.717) is 24.3 Å². The Morgan fingerprint density at radius 1 is 1.32 bits per heavy atom. The number of amides is 1. The molecule has 1 N–H and O–H groups in total. The van der Waals surface area contributed by atoms with Crippen molar-refractivity contribution in [2.75, 3.05) is 23.5 Å². The first-order chi connectivity index (χ1) is 16.2. The zero-order valence-corrected chi connectivity index (χ0v) is 19.4. The minimum Gasteiger partial charge on any atom is -0.367 e. The van der Waals surface area contributed by atoms with Gasteiger partial charge in [-0.2, -0.15) is 28.5 Å². The maximum atomic E-state index is 13.7. The van der Waals surface area contributed by atoms with E-state index in [4.69, 9.17) is 0 Å². The van der Waals surface area contributed by atoms with Gasteiger partial charge in [0.1, 0.15) is 5.82 Å². The Hall–Kier alpha value is -3.50. The highest BCUT2D eigenvalue weighted by molar-refractivity contribution is 6.00. The molecule has 0 bridgehead atoms. The van der Waals surface area contributed by atoms with Crippen molar-refractivity contribution < 1.29 is 18.0 Å². The molecule has 0 spiro atoms. The van der Waals surface area contributed by atoms with Crippen molar-refractivity contribution in [1.82, 2.24) is 15.1 Å². The van der Waals surface area contributed by atoms with Crippen molar-refractivity contribution >= 4 is 30.3 Å². The number of hydrogen-bond donors (Lipinski definition) is 1. The fraction of sp³-hybridized carbons (Fsp3) is 0.435. The molecule has 11 heteroatoms. The number of alkyl halides is 3. The first-order valence-corrected chi connectivity index (χ1v) is 11.0. The molecule has 2 atom stereocenters. The van der Waals surface area contributed by atoms with Gasteiger partial charge in [-0.15, -0.1) is 10.2 Å². The van der Waals surface area contributed by atoms with Gasteiger partial charge in [-0.05, 0) is 56.9 Å². The van der Waals surface area contributed by atoms with Crippen LogP contribution in [0.5, 0.6) is 0 Å². The average molecular weight is 476 g/mol. The highest BCUT2D eigenvalue weighted by atomic mass is 19.4. The van der Waals surface area contributed by atoms with Gasteiger partial charge in [0.25, 0.3) is 5.91 Å². The predicted molar refractivity (Wildman–Crippen MR) is 126 cm³/mol. The summed E-state index contributed by atoms with van der Waals surface area (Å²) in [5.74, 6) is 0.215. The monoisotopic (exact) mass is 475 g/mol. The van der Waals surface area contributed by atoms with Gasteiger partial charge in [-0.25, -0.2) is 0 Å². The standard InChI is InChI=1S/C23H28F3N7O/c1-5-29-33(27-4)18-9-8-15(2)13-17(18)22(34)32-12-6-7-16(3)19(32)14-28-21-11-10-20(30-31-21)23(24,25)26/h5,8-11,13,16,19H,4,6-7,12,14H2,1-3H3,(H,28,31)/b29-5-/t16-,19-/m1/s1. The van der Waals surface area contributed by atoms with Crippen LogP contribution in [0.2, 0.25) is 0 Å². The summed E-state index contributed by atoms with van der Waals surface area (Å²) in [5, 5.41) is 19.3. The number of halogens is 3. The number of aromatic nitrogens is 2. The van der Waals surface area contributed by atoms with Gasteiger partial charge in [0, 0.05) is 26.0 Å². The Bertz CT molecular complexity index is 1040. The summed E-state index contributed by atoms with van der Waals surface area (Å²) in [4.78, 5) is 15.5. The maximum absolute atomic E-state index is 13.7. The number of carbonyl (C=O) groups excluding carboxylic acids is 1. The van der Waals surface area contributed by atoms with Crippen molar-refractivity contribution in [3.8, 4) is 0 Å². The fourth-order valence-corrected chi connectivity index (χ4v) is 4.03. The molecule has 1 aliphatic rings. The second kappa shape index (κ2) is 10.6. The predicted octanol–water partition coefficient (Wildman–Crippen LogP) is 4.58. The van der Waals surface area contributed by atoms with Gasteiger partial charge in [0.2, 0.25) is 0 Å². The van der Waals surface area contributed by atoms with Crippen molar-refractivity contribution in [2.24, 2.45) is 16.1 Å². The molecule has 2 heterocycles. The molecule has 1 aromatic heterocycles. The molecule has 2 aromatic rings. The van der Waals surface area contributed by atoms with Gasteiger partial charge in [-0.1, -0.05) is 18.6 Å². The Kier molecular flexibility index (Phi) is 7.85. The molecular formula is C23H28F3N7O. The van der Waals surface area contributed by atoms with E-state index >= 15 is 0 Å². The number of rotatable bonds is 7. The first-order valence-electron chi connectivity index (χ1n) is 11.0. The Morgan fingerprint density at radius 3 is 2.71 bits per heavy atom. The zero-order valence-electron chi connectivity index (χ0n) is 19.4. The van der Waals surface area contributed by atoms with Gasteiger partial charge < -0.3 is 10.2 Å². The summed E-state index contributed by atoms with van der Waals surface area (Å²) >= 11 is 0. The molecule has 1 aliphatic heterocycles. The summed E-state index contributed by atoms with van der Waals surface area (Å²) in [6, 6.07) is 7.38. The Morgan fingerprint density at radius 2 is 2.09 bits per heavy atom. The summed E-state index contributed by atoms with van der Waals surface area (Å²) in [6.45, 7) is 10.1. The minimum atomic E-state index is -4.55. The van der Waals surface area contributed by atoms with Crippen LogP contribution in [-0.2, 0) is 6.18 Å². The van der Waals surface area contributed by atoms with E-state index in [1.54, 1.807) is 30.2 Å². The topological polar surface area (TPSA) is 86.1 Å². The van der Waals surface area contributed by atoms with Crippen molar-refractivity contribution in [3.63, 3.8) is 0 Å². The number of anilines is 2. The lowest BCUT2D eigenvalue weighted by molar-refractivity contribution is -0.141. The van der Waals surface area contributed by atoms with E-state index in [1.165, 1.54) is 11.2 Å². The quantitative estimate of drug-likeness (QED) is 0.468. The van der Waals surface area contributed by atoms with Gasteiger partial charge in [-0.3, -0.25) is 4.79 Å². The molecule has 1 aromatic carbocycles. The lowest BCUT2D eigenvalue weighted by Gasteiger charge is -2.40. The third kappa shape index (κ3) is 5.70. The summed E-state index contributed by atoms with van der Waals surface area (Å²) in [7, 11) is 0. The van der Waals surface area contributed by atoms with Crippen molar-refractivity contribution in [3.05, 3.63) is 47.2 Å². The van der Waals surface area contributed by atoms with E-state index in [0.717, 1.165) is 24.5 Å². The molecule has 1 fully saturated rings. The Labute approximate surface area is 196 Å². The number of carbonyl (C=O) groups is 1. The van der Waals surface area contributed by atoms with Gasteiger partial charge in [0.05, 0.1) is 17.3 Å². The van der Waals surface area contributed by atoms with E-state index in [9.17, 15) is 18.0 Å². The summed E-state index contributed by atoms with van der Waals surface area (Å²) < 4.78 is 38.3. The normalized spacial score (nSPS) is 18.7. The number of likely N-dealkylation sites (tertiary alicyclic amines) is 1. The lowest BCUT2D eigenvalue weighted by Crippen LogP contribution is -2.51. The van der Waals surface area contributed by atoms with E-state index in [2.05, 4.69) is 39.4 Å². The summed E-state index contributed by atoms with van der Waals surface area (Å²) in [5.41, 5.74) is 0.827. The number of hydrazone groups is 2. The first kappa shape index (κ1) is 25.1. The van der Waals surface area contributed by atoms with Crippen LogP contribution in [0.3, 0.4) is 0 Å². The molecule has 1 amide bonds. The van der Waals surface area contributed by atoms with Crippen LogP contribution in [0.25, 0.3) is 0 Å². The van der Waals surface area contributed by atoms with E-state index in [-0.39, 0.29) is 23.7 Å². The second-order valence-corrected chi connectivity index (χ2v) is 8.19. The molecule has 1 saturated heterocycles. The van der Waals surface area contributed by atoms with Crippen molar-refractivity contribution in [2.45, 2.75) is 45.8 Å². The second-order valence-electron chi connectivity index (χ2n) is 8.19. The average Bonchev–Trinajstić information content (AvgIpc) is 2.81. The molecule has 0 unspecified atom stereocenters. The van der Waals surface area contributed by atoms with Crippen LogP contribution < -0.4 is 10.4 Å². The molecule has 0 aliphatic carbocycles. The number of aryl methyl sites for hydroxylation is 1. The Balaban J connectivity index is 1.84. The zero-order chi connectivity index (χ0) is 24.9. The largest absolute Gasteiger partial charge is 0.435 e. The van der Waals surface area contributed by atoms with Crippen LogP contribution in [0, 0.1) is 12.8 Å². The molecule has 3 rings (SSSR count). The van der Waals surface area contributed by atoms with Gasteiger partial charge in [0.15, 0.2) is 5.69 Å². The van der Waals surface area contributed by atoms with Gasteiger partial charge >= 0.3 is 6.18 Å². The molecule has 182 valence electrons. The number of piperidine rings is 1. The molecule has 0 saturated carbocycles. The fourth-order valence-electron chi connectivity index (χ4n) is 4.03. The number of benzene rings is 1. The van der Waals surface area contributed by atoms with Crippen LogP contribution in [-0.4, -0.2) is 53.1 Å². The minimum absolute atomic E-state index is 0.170. The molecular weight excluding hydrogens is 447 g/mol. The molecule has 34 heavy (non-hydrogen) atoms. The third-order valence-electron chi connectivity index (χ3n) is 5.78. The SMILES string of the molecule is C=NN(/N=C\C)c1ccc(C)cc1C(=O)N1CCC[C@@H](C)[C@H]1CNc1ccc(C(F)(F)F)nn1. The number of hydrogen-bond acceptors (Lipinski definition) is 7. The van der Waals surface area contributed by atoms with Crippen molar-refractivity contribution in [1.29, 1.82) is 0 Å². The maximum Gasteiger partial charge on any atom is 0.435 e. The highest BCUT2D eigenvalue weighted by Gasteiger charge is 2.35. The smallest absolute Gasteiger partial charge is 0.367 e. The highest BCUT2D eigenvalue weighted by Crippen LogP contribution is 2.30.